The maximum Gasteiger partial charge on any atom is 0.333 e. The summed E-state index contributed by atoms with van der Waals surface area (Å²) in [5.41, 5.74) is 3.00. The number of hydrogen-bond acceptors (Lipinski definition) is 2. The van der Waals surface area contributed by atoms with Crippen LogP contribution in [-0.4, -0.2) is 12.6 Å². The topological polar surface area (TPSA) is 26.3 Å². The van der Waals surface area contributed by atoms with Crippen molar-refractivity contribution in [3.8, 4) is 0 Å². The van der Waals surface area contributed by atoms with Crippen LogP contribution in [0.3, 0.4) is 0 Å². The molecule has 0 N–H and O–H groups in total. The first-order chi connectivity index (χ1) is 11.2. The molecule has 2 rings (SSSR count). The third-order valence-electron chi connectivity index (χ3n) is 6.82. The zero-order chi connectivity index (χ0) is 18.0. The van der Waals surface area contributed by atoms with E-state index in [2.05, 4.69) is 33.4 Å². The summed E-state index contributed by atoms with van der Waals surface area (Å²) in [5.74, 6) is 1.20. The van der Waals surface area contributed by atoms with E-state index in [-0.39, 0.29) is 5.97 Å². The molecular formula is C22H36O2. The standard InChI is InChI=1S/C22H36O2/c1-7-24-20(23)17(3)10-8-11-18-16(2)12-13-19-21(4,5)14-9-15-22(18,19)6/h10,18-19H,2,7-9,11-15H2,1,3-6H3/b17-10+/t18-,19-,22+/m0/s1. The van der Waals surface area contributed by atoms with Crippen molar-refractivity contribution in [1.82, 2.24) is 0 Å². The van der Waals surface area contributed by atoms with Crippen LogP contribution >= 0.6 is 0 Å². The van der Waals surface area contributed by atoms with Gasteiger partial charge in [-0.15, -0.1) is 0 Å². The van der Waals surface area contributed by atoms with E-state index in [1.165, 1.54) is 37.7 Å². The molecule has 2 nitrogen and oxygen atoms in total. The second-order valence-corrected chi connectivity index (χ2v) is 8.84. The molecule has 0 aromatic carbocycles. The fourth-order valence-electron chi connectivity index (χ4n) is 5.60. The fourth-order valence-corrected chi connectivity index (χ4v) is 5.60. The van der Waals surface area contributed by atoms with Gasteiger partial charge in [0.05, 0.1) is 6.61 Å². The minimum atomic E-state index is -0.178. The number of hydrogen-bond donors (Lipinski definition) is 0. The van der Waals surface area contributed by atoms with Gasteiger partial charge in [-0.1, -0.05) is 45.4 Å². The summed E-state index contributed by atoms with van der Waals surface area (Å²) in [4.78, 5) is 11.8. The van der Waals surface area contributed by atoms with Crippen molar-refractivity contribution in [2.24, 2.45) is 22.7 Å². The van der Waals surface area contributed by atoms with Crippen LogP contribution in [0.15, 0.2) is 23.8 Å². The minimum Gasteiger partial charge on any atom is -0.463 e. The molecule has 0 aliphatic heterocycles. The van der Waals surface area contributed by atoms with Crippen LogP contribution in [0.2, 0.25) is 0 Å². The first-order valence-electron chi connectivity index (χ1n) is 9.74. The highest BCUT2D eigenvalue weighted by Crippen LogP contribution is 2.61. The molecule has 0 saturated heterocycles. The number of carbonyl (C=O) groups is 1. The Morgan fingerprint density at radius 2 is 2.04 bits per heavy atom. The Bertz CT molecular complexity index is 514. The Kier molecular flexibility index (Phi) is 5.99. The smallest absolute Gasteiger partial charge is 0.333 e. The van der Waals surface area contributed by atoms with Gasteiger partial charge in [0.1, 0.15) is 0 Å². The molecule has 3 atom stereocenters. The lowest BCUT2D eigenvalue weighted by molar-refractivity contribution is -0.138. The van der Waals surface area contributed by atoms with E-state index < -0.39 is 0 Å². The van der Waals surface area contributed by atoms with Gasteiger partial charge >= 0.3 is 5.97 Å². The largest absolute Gasteiger partial charge is 0.463 e. The van der Waals surface area contributed by atoms with Crippen molar-refractivity contribution in [3.05, 3.63) is 23.8 Å². The van der Waals surface area contributed by atoms with E-state index in [0.717, 1.165) is 24.3 Å². The molecular weight excluding hydrogens is 296 g/mol. The SMILES string of the molecule is C=C1CC[C@H]2C(C)(C)CCC[C@]2(C)[C@H]1CC/C=C(\C)C(=O)OCC. The molecule has 0 radical (unpaired) electrons. The van der Waals surface area contributed by atoms with Crippen LogP contribution < -0.4 is 0 Å². The Hall–Kier alpha value is -1.05. The summed E-state index contributed by atoms with van der Waals surface area (Å²) in [7, 11) is 0. The molecule has 2 heteroatoms. The number of allylic oxidation sites excluding steroid dienone is 2. The van der Waals surface area contributed by atoms with Crippen molar-refractivity contribution >= 4 is 5.97 Å². The normalized spacial score (nSPS) is 33.0. The van der Waals surface area contributed by atoms with Gasteiger partial charge < -0.3 is 4.74 Å². The van der Waals surface area contributed by atoms with E-state index in [9.17, 15) is 4.79 Å². The maximum absolute atomic E-state index is 11.8. The average Bonchev–Trinajstić information content (AvgIpc) is 2.49. The summed E-state index contributed by atoms with van der Waals surface area (Å²) >= 11 is 0. The molecule has 0 bridgehead atoms. The highest BCUT2D eigenvalue weighted by molar-refractivity contribution is 5.87. The summed E-state index contributed by atoms with van der Waals surface area (Å²) in [5, 5.41) is 0. The third-order valence-corrected chi connectivity index (χ3v) is 6.82. The highest BCUT2D eigenvalue weighted by atomic mass is 16.5. The summed E-state index contributed by atoms with van der Waals surface area (Å²) in [6.45, 7) is 16.0. The van der Waals surface area contributed by atoms with Crippen LogP contribution in [0.5, 0.6) is 0 Å². The van der Waals surface area contributed by atoms with Gasteiger partial charge in [0.25, 0.3) is 0 Å². The van der Waals surface area contributed by atoms with Gasteiger partial charge in [-0.25, -0.2) is 4.79 Å². The predicted octanol–water partition coefficient (Wildman–Crippen LogP) is 6.07. The van der Waals surface area contributed by atoms with Crippen LogP contribution in [0.4, 0.5) is 0 Å². The molecule has 2 saturated carbocycles. The van der Waals surface area contributed by atoms with E-state index in [1.807, 2.05) is 13.8 Å². The molecule has 136 valence electrons. The van der Waals surface area contributed by atoms with Crippen LogP contribution in [0, 0.1) is 22.7 Å². The van der Waals surface area contributed by atoms with Crippen LogP contribution in [0.25, 0.3) is 0 Å². The van der Waals surface area contributed by atoms with Gasteiger partial charge in [-0.3, -0.25) is 0 Å². The lowest BCUT2D eigenvalue weighted by atomic mass is 9.47. The molecule has 0 aromatic heterocycles. The number of rotatable bonds is 5. The minimum absolute atomic E-state index is 0.178. The molecule has 0 aromatic rings. The number of fused-ring (bicyclic) bond motifs is 1. The van der Waals surface area contributed by atoms with E-state index in [0.29, 0.717) is 23.4 Å². The van der Waals surface area contributed by atoms with Gasteiger partial charge in [-0.05, 0) is 75.0 Å². The first kappa shape index (κ1) is 19.3. The molecule has 0 heterocycles. The Morgan fingerprint density at radius 1 is 1.33 bits per heavy atom. The van der Waals surface area contributed by atoms with Crippen molar-refractivity contribution < 1.29 is 9.53 Å². The van der Waals surface area contributed by atoms with E-state index >= 15 is 0 Å². The lowest BCUT2D eigenvalue weighted by Gasteiger charge is -2.58. The monoisotopic (exact) mass is 332 g/mol. The molecule has 0 spiro atoms. The van der Waals surface area contributed by atoms with E-state index in [4.69, 9.17) is 4.74 Å². The average molecular weight is 333 g/mol. The lowest BCUT2D eigenvalue weighted by Crippen LogP contribution is -2.49. The van der Waals surface area contributed by atoms with Crippen LogP contribution in [-0.2, 0) is 9.53 Å². The second-order valence-electron chi connectivity index (χ2n) is 8.84. The summed E-state index contributed by atoms with van der Waals surface area (Å²) in [6.07, 6.45) is 10.6. The van der Waals surface area contributed by atoms with Crippen molar-refractivity contribution in [3.63, 3.8) is 0 Å². The second kappa shape index (κ2) is 7.45. The molecule has 0 unspecified atom stereocenters. The third kappa shape index (κ3) is 3.78. The van der Waals surface area contributed by atoms with E-state index in [1.54, 1.807) is 0 Å². The van der Waals surface area contributed by atoms with Gasteiger partial charge in [0.2, 0.25) is 0 Å². The zero-order valence-corrected chi connectivity index (χ0v) is 16.4. The molecule has 0 amide bonds. The number of esters is 1. The molecule has 2 aliphatic rings. The molecule has 2 fully saturated rings. The Morgan fingerprint density at radius 3 is 2.71 bits per heavy atom. The summed E-state index contributed by atoms with van der Waals surface area (Å²) in [6, 6.07) is 0. The van der Waals surface area contributed by atoms with Crippen molar-refractivity contribution in [2.75, 3.05) is 6.61 Å². The first-order valence-corrected chi connectivity index (χ1v) is 9.74. The number of carbonyl (C=O) groups excluding carboxylic acids is 1. The van der Waals surface area contributed by atoms with Gasteiger partial charge in [0.15, 0.2) is 0 Å². The molecule has 24 heavy (non-hydrogen) atoms. The predicted molar refractivity (Wildman–Crippen MR) is 101 cm³/mol. The van der Waals surface area contributed by atoms with Crippen molar-refractivity contribution in [2.45, 2.75) is 79.6 Å². The number of ether oxygens (including phenoxy) is 1. The molecule has 2 aliphatic carbocycles. The summed E-state index contributed by atoms with van der Waals surface area (Å²) < 4.78 is 5.08. The maximum atomic E-state index is 11.8. The van der Waals surface area contributed by atoms with Crippen molar-refractivity contribution in [1.29, 1.82) is 0 Å². The van der Waals surface area contributed by atoms with Gasteiger partial charge in [-0.2, -0.15) is 0 Å². The fraction of sp³-hybridized carbons (Fsp3) is 0.773. The van der Waals surface area contributed by atoms with Gasteiger partial charge in [0, 0.05) is 5.57 Å². The Labute approximate surface area is 148 Å². The zero-order valence-electron chi connectivity index (χ0n) is 16.4. The quantitative estimate of drug-likeness (QED) is 0.347. The van der Waals surface area contributed by atoms with Crippen LogP contribution in [0.1, 0.15) is 79.6 Å². The highest BCUT2D eigenvalue weighted by Gasteiger charge is 2.52. The Balaban J connectivity index is 2.09.